The number of carbonyl (C=O) groups is 2. The van der Waals surface area contributed by atoms with Crippen molar-refractivity contribution in [1.82, 2.24) is 10.2 Å². The van der Waals surface area contributed by atoms with Crippen LogP contribution in [0.25, 0.3) is 5.76 Å². The van der Waals surface area contributed by atoms with Crippen LogP contribution in [0, 0.1) is 6.92 Å². The van der Waals surface area contributed by atoms with Crippen LogP contribution in [0.15, 0.2) is 52.5 Å². The normalized spacial score (nSPS) is 19.4. The molecule has 3 heterocycles. The van der Waals surface area contributed by atoms with Gasteiger partial charge in [0.05, 0.1) is 11.6 Å². The van der Waals surface area contributed by atoms with Gasteiger partial charge in [0.2, 0.25) is 5.13 Å². The molecule has 10 heteroatoms. The van der Waals surface area contributed by atoms with Crippen LogP contribution in [0.2, 0.25) is 0 Å². The Hall–Kier alpha value is -3.24. The summed E-state index contributed by atoms with van der Waals surface area (Å²) in [6.45, 7) is 2.59. The number of aliphatic hydroxyl groups excluding tert-OH is 1. The zero-order valence-corrected chi connectivity index (χ0v) is 19.1. The van der Waals surface area contributed by atoms with E-state index in [2.05, 4.69) is 26.1 Å². The van der Waals surface area contributed by atoms with Gasteiger partial charge >= 0.3 is 5.91 Å². The largest absolute Gasteiger partial charge is 0.507 e. The van der Waals surface area contributed by atoms with Crippen molar-refractivity contribution in [3.05, 3.63) is 68.6 Å². The van der Waals surface area contributed by atoms with E-state index in [4.69, 9.17) is 9.47 Å². The molecular formula is C22H16BrN3O5S. The molecule has 1 amide bonds. The zero-order chi connectivity index (χ0) is 22.4. The first-order chi connectivity index (χ1) is 15.4. The number of benzene rings is 2. The molecule has 1 saturated heterocycles. The van der Waals surface area contributed by atoms with Crippen molar-refractivity contribution < 1.29 is 24.2 Å². The van der Waals surface area contributed by atoms with Crippen molar-refractivity contribution in [2.24, 2.45) is 0 Å². The summed E-state index contributed by atoms with van der Waals surface area (Å²) in [6.07, 6.45) is 0. The third-order valence-corrected chi connectivity index (χ3v) is 6.53. The van der Waals surface area contributed by atoms with Gasteiger partial charge in [0.1, 0.15) is 24.0 Å². The van der Waals surface area contributed by atoms with Gasteiger partial charge in [-0.25, -0.2) is 0 Å². The standard InChI is InChI=1S/C22H16BrN3O5S/c1-11-24-25-22(32-11)26-18(12-2-5-14(23)6-3-12)17(20(28)21(26)29)19(27)13-4-7-15-16(10-13)31-9-8-30-15/h2-7,10,18,27H,8-9H2,1H3/b19-17+. The Morgan fingerprint density at radius 1 is 1.09 bits per heavy atom. The van der Waals surface area contributed by atoms with Crippen LogP contribution < -0.4 is 14.4 Å². The second-order valence-electron chi connectivity index (χ2n) is 7.18. The molecule has 1 N–H and O–H groups in total. The summed E-state index contributed by atoms with van der Waals surface area (Å²) in [6, 6.07) is 11.2. The number of halogens is 1. The summed E-state index contributed by atoms with van der Waals surface area (Å²) in [5.41, 5.74) is 0.976. The number of hydrogen-bond acceptors (Lipinski definition) is 8. The first-order valence-corrected chi connectivity index (χ1v) is 11.3. The van der Waals surface area contributed by atoms with E-state index in [1.165, 1.54) is 16.2 Å². The summed E-state index contributed by atoms with van der Waals surface area (Å²) in [7, 11) is 0. The molecule has 0 aliphatic carbocycles. The summed E-state index contributed by atoms with van der Waals surface area (Å²) < 4.78 is 12.0. The number of carbonyl (C=O) groups excluding carboxylic acids is 2. The van der Waals surface area contributed by atoms with Crippen molar-refractivity contribution in [3.8, 4) is 11.5 Å². The average molecular weight is 514 g/mol. The number of aliphatic hydroxyl groups is 1. The molecule has 1 aromatic heterocycles. The number of amides is 1. The second-order valence-corrected chi connectivity index (χ2v) is 9.26. The number of hydrogen-bond donors (Lipinski definition) is 1. The van der Waals surface area contributed by atoms with E-state index in [1.807, 2.05) is 12.1 Å². The molecule has 0 saturated carbocycles. The second kappa shape index (κ2) is 8.03. The minimum Gasteiger partial charge on any atom is -0.507 e. The third-order valence-electron chi connectivity index (χ3n) is 5.17. The van der Waals surface area contributed by atoms with Crippen LogP contribution in [0.3, 0.4) is 0 Å². The highest BCUT2D eigenvalue weighted by molar-refractivity contribution is 9.10. The van der Waals surface area contributed by atoms with E-state index in [-0.39, 0.29) is 11.3 Å². The maximum atomic E-state index is 13.1. The van der Waals surface area contributed by atoms with Crippen molar-refractivity contribution in [3.63, 3.8) is 0 Å². The summed E-state index contributed by atoms with van der Waals surface area (Å²) in [5.74, 6) is -0.834. The van der Waals surface area contributed by atoms with Gasteiger partial charge in [-0.3, -0.25) is 14.5 Å². The molecule has 1 fully saturated rings. The molecule has 3 aromatic rings. The highest BCUT2D eigenvalue weighted by Gasteiger charge is 2.48. The Balaban J connectivity index is 1.69. The van der Waals surface area contributed by atoms with Gasteiger partial charge in [-0.15, -0.1) is 10.2 Å². The minimum atomic E-state index is -0.858. The molecule has 32 heavy (non-hydrogen) atoms. The Kier molecular flexibility index (Phi) is 5.18. The zero-order valence-electron chi connectivity index (χ0n) is 16.7. The topological polar surface area (TPSA) is 102 Å². The Morgan fingerprint density at radius 2 is 1.81 bits per heavy atom. The predicted octanol–water partition coefficient (Wildman–Crippen LogP) is 4.01. The fourth-order valence-electron chi connectivity index (χ4n) is 3.72. The molecule has 2 aromatic carbocycles. The number of aryl methyl sites for hydroxylation is 1. The van der Waals surface area contributed by atoms with Gasteiger partial charge in [0.25, 0.3) is 5.78 Å². The van der Waals surface area contributed by atoms with Crippen molar-refractivity contribution in [1.29, 1.82) is 0 Å². The van der Waals surface area contributed by atoms with E-state index in [0.717, 1.165) is 4.47 Å². The third kappa shape index (κ3) is 3.45. The molecule has 1 atom stereocenters. The number of Topliss-reactive ketones (excluding diaryl/α,β-unsaturated/α-hetero) is 1. The number of aromatic nitrogens is 2. The van der Waals surface area contributed by atoms with Crippen molar-refractivity contribution in [2.75, 3.05) is 18.1 Å². The van der Waals surface area contributed by atoms with E-state index < -0.39 is 17.7 Å². The van der Waals surface area contributed by atoms with Crippen LogP contribution >= 0.6 is 27.3 Å². The first-order valence-electron chi connectivity index (χ1n) is 9.70. The lowest BCUT2D eigenvalue weighted by Gasteiger charge is -2.23. The number of rotatable bonds is 3. The maximum absolute atomic E-state index is 13.1. The lowest BCUT2D eigenvalue weighted by atomic mass is 9.95. The Morgan fingerprint density at radius 3 is 2.50 bits per heavy atom. The van der Waals surface area contributed by atoms with Crippen LogP contribution in [0.5, 0.6) is 11.5 Å². The van der Waals surface area contributed by atoms with Crippen LogP contribution in [-0.2, 0) is 9.59 Å². The molecule has 5 rings (SSSR count). The lowest BCUT2D eigenvalue weighted by molar-refractivity contribution is -0.132. The van der Waals surface area contributed by atoms with Gasteiger partial charge in [-0.2, -0.15) is 0 Å². The molecule has 2 aliphatic rings. The number of nitrogens with zero attached hydrogens (tertiary/aromatic N) is 3. The average Bonchev–Trinajstić information content (AvgIpc) is 3.34. The fourth-order valence-corrected chi connectivity index (χ4v) is 4.70. The molecular weight excluding hydrogens is 498 g/mol. The van der Waals surface area contributed by atoms with Crippen LogP contribution in [0.4, 0.5) is 5.13 Å². The van der Waals surface area contributed by atoms with Gasteiger partial charge in [-0.05, 0) is 42.8 Å². The summed E-state index contributed by atoms with van der Waals surface area (Å²) in [5, 5.41) is 20.2. The number of anilines is 1. The van der Waals surface area contributed by atoms with Gasteiger partial charge in [-0.1, -0.05) is 39.4 Å². The Labute approximate surface area is 195 Å². The van der Waals surface area contributed by atoms with Gasteiger partial charge in [0, 0.05) is 10.0 Å². The van der Waals surface area contributed by atoms with Crippen molar-refractivity contribution >= 4 is 49.8 Å². The van der Waals surface area contributed by atoms with Crippen molar-refractivity contribution in [2.45, 2.75) is 13.0 Å². The number of fused-ring (bicyclic) bond motifs is 1. The lowest BCUT2D eigenvalue weighted by Crippen LogP contribution is -2.29. The van der Waals surface area contributed by atoms with E-state index >= 15 is 0 Å². The van der Waals surface area contributed by atoms with E-state index in [9.17, 15) is 14.7 Å². The SMILES string of the molecule is Cc1nnc(N2C(=O)C(=O)/C(=C(/O)c3ccc4c(c3)OCCO4)C2c2ccc(Br)cc2)s1. The quantitative estimate of drug-likeness (QED) is 0.320. The molecule has 0 spiro atoms. The predicted molar refractivity (Wildman–Crippen MR) is 121 cm³/mol. The Bertz CT molecular complexity index is 1270. The van der Waals surface area contributed by atoms with Crippen LogP contribution in [-0.4, -0.2) is 40.2 Å². The maximum Gasteiger partial charge on any atom is 0.301 e. The van der Waals surface area contributed by atoms with Gasteiger partial charge in [0.15, 0.2) is 11.5 Å². The molecule has 8 nitrogen and oxygen atoms in total. The minimum absolute atomic E-state index is 0.0261. The van der Waals surface area contributed by atoms with E-state index in [1.54, 1.807) is 37.3 Å². The summed E-state index contributed by atoms with van der Waals surface area (Å²) >= 11 is 4.60. The highest BCUT2D eigenvalue weighted by Crippen LogP contribution is 2.44. The molecule has 2 aliphatic heterocycles. The first kappa shape index (κ1) is 20.7. The monoisotopic (exact) mass is 513 g/mol. The number of ether oxygens (including phenoxy) is 2. The number of ketones is 1. The molecule has 162 valence electrons. The molecule has 1 unspecified atom stereocenters. The van der Waals surface area contributed by atoms with Gasteiger partial charge < -0.3 is 14.6 Å². The highest BCUT2D eigenvalue weighted by atomic mass is 79.9. The summed E-state index contributed by atoms with van der Waals surface area (Å²) in [4.78, 5) is 27.5. The molecule has 0 bridgehead atoms. The van der Waals surface area contributed by atoms with Crippen LogP contribution in [0.1, 0.15) is 22.2 Å². The molecule has 0 radical (unpaired) electrons. The smallest absolute Gasteiger partial charge is 0.301 e. The van der Waals surface area contributed by atoms with E-state index in [0.29, 0.717) is 46.0 Å². The fraction of sp³-hybridized carbons (Fsp3) is 0.182.